The Morgan fingerprint density at radius 1 is 1.21 bits per heavy atom. The summed E-state index contributed by atoms with van der Waals surface area (Å²) in [6, 6.07) is 15.1. The Bertz CT molecular complexity index is 1500. The van der Waals surface area contributed by atoms with Gasteiger partial charge < -0.3 is 5.32 Å². The van der Waals surface area contributed by atoms with Gasteiger partial charge in [-0.1, -0.05) is 30.0 Å². The number of anilines is 1. The zero-order valence-electron chi connectivity index (χ0n) is 18.2. The zero-order chi connectivity index (χ0) is 23.7. The van der Waals surface area contributed by atoms with Gasteiger partial charge in [0.1, 0.15) is 17.7 Å². The van der Waals surface area contributed by atoms with Crippen molar-refractivity contribution in [2.24, 2.45) is 7.05 Å². The molecule has 4 rings (SSSR count). The number of amides is 1. The number of benzene rings is 2. The van der Waals surface area contributed by atoms with Crippen LogP contribution in [0.25, 0.3) is 16.6 Å². The molecule has 0 saturated heterocycles. The number of fused-ring (bicyclic) bond motifs is 1. The van der Waals surface area contributed by atoms with Gasteiger partial charge in [0.15, 0.2) is 5.16 Å². The van der Waals surface area contributed by atoms with Gasteiger partial charge in [-0.25, -0.2) is 9.37 Å². The summed E-state index contributed by atoms with van der Waals surface area (Å²) in [5.74, 6) is -0.554. The molecule has 1 amide bonds. The van der Waals surface area contributed by atoms with E-state index in [0.717, 1.165) is 17.5 Å². The minimum atomic E-state index is -0.423. The Hall–Kier alpha value is -3.90. The highest BCUT2D eigenvalue weighted by atomic mass is 32.2. The Morgan fingerprint density at radius 2 is 1.97 bits per heavy atom. The summed E-state index contributed by atoms with van der Waals surface area (Å²) in [6.45, 7) is 3.59. The number of nitrogens with zero attached hydrogens (tertiary/aromatic N) is 4. The summed E-state index contributed by atoms with van der Waals surface area (Å²) in [7, 11) is 1.61. The second kappa shape index (κ2) is 8.92. The van der Waals surface area contributed by atoms with Crippen molar-refractivity contribution in [2.45, 2.75) is 19.0 Å². The predicted molar refractivity (Wildman–Crippen MR) is 126 cm³/mol. The van der Waals surface area contributed by atoms with Crippen LogP contribution in [-0.4, -0.2) is 25.8 Å². The van der Waals surface area contributed by atoms with Crippen LogP contribution >= 0.6 is 11.8 Å². The number of aromatic nitrogens is 3. The van der Waals surface area contributed by atoms with Crippen LogP contribution in [0.15, 0.2) is 58.5 Å². The number of hydrogen-bond donors (Lipinski definition) is 1. The molecule has 0 spiro atoms. The lowest BCUT2D eigenvalue weighted by molar-refractivity contribution is -0.113. The summed E-state index contributed by atoms with van der Waals surface area (Å²) in [5, 5.41) is 13.4. The van der Waals surface area contributed by atoms with Crippen molar-refractivity contribution in [1.29, 1.82) is 5.26 Å². The average Bonchev–Trinajstić information content (AvgIpc) is 3.04. The second-order valence-electron chi connectivity index (χ2n) is 7.47. The van der Waals surface area contributed by atoms with Crippen molar-refractivity contribution in [3.8, 4) is 11.8 Å². The lowest BCUT2D eigenvalue weighted by Crippen LogP contribution is -2.22. The third-order valence-electron chi connectivity index (χ3n) is 5.42. The van der Waals surface area contributed by atoms with E-state index in [1.54, 1.807) is 61.9 Å². The van der Waals surface area contributed by atoms with Gasteiger partial charge in [0.2, 0.25) is 5.91 Å². The largest absolute Gasteiger partial charge is 0.310 e. The van der Waals surface area contributed by atoms with Gasteiger partial charge in [0.25, 0.3) is 5.56 Å². The molecule has 0 atom stereocenters. The SMILES string of the molecule is Cc1c(C#N)c(NC(=O)CSc2nc3ccccc3c(=O)n2C)n(-c2cccc(F)c2)c1C. The number of carbonyl (C=O) groups is 1. The fraction of sp³-hybridized carbons (Fsp3) is 0.167. The Morgan fingerprint density at radius 3 is 2.70 bits per heavy atom. The van der Waals surface area contributed by atoms with Gasteiger partial charge in [0, 0.05) is 12.7 Å². The number of hydrogen-bond acceptors (Lipinski definition) is 5. The topological polar surface area (TPSA) is 92.7 Å². The number of nitrogens with one attached hydrogen (secondary N) is 1. The molecule has 0 unspecified atom stereocenters. The Kier molecular flexibility index (Phi) is 6.03. The highest BCUT2D eigenvalue weighted by Crippen LogP contribution is 2.30. The minimum absolute atomic E-state index is 0.0318. The fourth-order valence-electron chi connectivity index (χ4n) is 3.62. The minimum Gasteiger partial charge on any atom is -0.310 e. The van der Waals surface area contributed by atoms with E-state index in [9.17, 15) is 19.2 Å². The summed E-state index contributed by atoms with van der Waals surface area (Å²) in [5.41, 5.74) is 2.59. The third kappa shape index (κ3) is 4.13. The summed E-state index contributed by atoms with van der Waals surface area (Å²) in [4.78, 5) is 29.9. The third-order valence-corrected chi connectivity index (χ3v) is 6.45. The number of thioether (sulfide) groups is 1. The normalized spacial score (nSPS) is 10.9. The quantitative estimate of drug-likeness (QED) is 0.357. The maximum absolute atomic E-state index is 13.9. The zero-order valence-corrected chi connectivity index (χ0v) is 19.0. The van der Waals surface area contributed by atoms with Gasteiger partial charge in [-0.05, 0) is 49.7 Å². The molecule has 9 heteroatoms. The van der Waals surface area contributed by atoms with E-state index in [0.29, 0.717) is 32.9 Å². The fourth-order valence-corrected chi connectivity index (χ4v) is 4.40. The van der Waals surface area contributed by atoms with Crippen LogP contribution in [0.4, 0.5) is 10.2 Å². The smallest absolute Gasteiger partial charge is 0.261 e. The molecule has 0 bridgehead atoms. The maximum atomic E-state index is 13.9. The molecule has 0 aliphatic carbocycles. The van der Waals surface area contributed by atoms with E-state index in [1.165, 1.54) is 16.7 Å². The van der Waals surface area contributed by atoms with Crippen molar-refractivity contribution < 1.29 is 9.18 Å². The molecule has 0 saturated carbocycles. The first kappa shape index (κ1) is 22.3. The molecule has 0 aliphatic rings. The molecular formula is C24H20FN5O2S. The van der Waals surface area contributed by atoms with E-state index in [-0.39, 0.29) is 23.0 Å². The van der Waals surface area contributed by atoms with Crippen LogP contribution in [0, 0.1) is 31.0 Å². The molecule has 2 aromatic carbocycles. The van der Waals surface area contributed by atoms with Gasteiger partial charge in [-0.3, -0.25) is 18.7 Å². The van der Waals surface area contributed by atoms with Gasteiger partial charge in [-0.2, -0.15) is 5.26 Å². The van der Waals surface area contributed by atoms with Crippen LogP contribution in [0.5, 0.6) is 0 Å². The Labute approximate surface area is 193 Å². The molecule has 2 heterocycles. The van der Waals surface area contributed by atoms with Crippen molar-refractivity contribution in [2.75, 3.05) is 11.1 Å². The van der Waals surface area contributed by atoms with Crippen LogP contribution < -0.4 is 10.9 Å². The molecule has 4 aromatic rings. The van der Waals surface area contributed by atoms with Crippen molar-refractivity contribution in [1.82, 2.24) is 14.1 Å². The van der Waals surface area contributed by atoms with E-state index in [4.69, 9.17) is 0 Å². The second-order valence-corrected chi connectivity index (χ2v) is 8.42. The number of rotatable bonds is 5. The molecule has 0 fully saturated rings. The first-order valence-corrected chi connectivity index (χ1v) is 11.1. The molecule has 1 N–H and O–H groups in total. The molecule has 33 heavy (non-hydrogen) atoms. The molecule has 7 nitrogen and oxygen atoms in total. The number of para-hydroxylation sites is 1. The molecule has 0 aliphatic heterocycles. The first-order valence-electron chi connectivity index (χ1n) is 10.1. The lowest BCUT2D eigenvalue weighted by atomic mass is 10.2. The van der Waals surface area contributed by atoms with E-state index < -0.39 is 5.82 Å². The van der Waals surface area contributed by atoms with Gasteiger partial charge >= 0.3 is 0 Å². The van der Waals surface area contributed by atoms with Crippen molar-refractivity contribution >= 4 is 34.4 Å². The van der Waals surface area contributed by atoms with Crippen molar-refractivity contribution in [3.05, 3.63) is 81.5 Å². The lowest BCUT2D eigenvalue weighted by Gasteiger charge is -2.13. The first-order chi connectivity index (χ1) is 15.8. The summed E-state index contributed by atoms with van der Waals surface area (Å²) >= 11 is 1.12. The predicted octanol–water partition coefficient (Wildman–Crippen LogP) is 4.08. The molecular weight excluding hydrogens is 441 g/mol. The van der Waals surface area contributed by atoms with E-state index in [2.05, 4.69) is 16.4 Å². The Balaban J connectivity index is 1.63. The summed E-state index contributed by atoms with van der Waals surface area (Å²) in [6.07, 6.45) is 0. The number of nitriles is 1. The van der Waals surface area contributed by atoms with Crippen LogP contribution in [0.2, 0.25) is 0 Å². The number of halogens is 1. The standard InChI is InChI=1S/C24H20FN5O2S/c1-14-15(2)30(17-8-6-7-16(25)11-17)22(19(14)12-26)28-21(31)13-33-24-27-20-10-5-4-9-18(20)23(32)29(24)3/h4-11H,13H2,1-3H3,(H,28,31). The van der Waals surface area contributed by atoms with Crippen LogP contribution in [0.1, 0.15) is 16.8 Å². The van der Waals surface area contributed by atoms with Gasteiger partial charge in [0.05, 0.1) is 27.9 Å². The van der Waals surface area contributed by atoms with Crippen LogP contribution in [-0.2, 0) is 11.8 Å². The van der Waals surface area contributed by atoms with E-state index >= 15 is 0 Å². The molecule has 166 valence electrons. The highest BCUT2D eigenvalue weighted by Gasteiger charge is 2.21. The number of carbonyl (C=O) groups excluding carboxylic acids is 1. The summed E-state index contributed by atoms with van der Waals surface area (Å²) < 4.78 is 16.9. The van der Waals surface area contributed by atoms with Crippen LogP contribution in [0.3, 0.4) is 0 Å². The average molecular weight is 462 g/mol. The monoisotopic (exact) mass is 461 g/mol. The molecule has 0 radical (unpaired) electrons. The molecule has 2 aromatic heterocycles. The highest BCUT2D eigenvalue weighted by molar-refractivity contribution is 7.99. The van der Waals surface area contributed by atoms with Gasteiger partial charge in [-0.15, -0.1) is 0 Å². The van der Waals surface area contributed by atoms with E-state index in [1.807, 2.05) is 0 Å². The maximum Gasteiger partial charge on any atom is 0.261 e. The van der Waals surface area contributed by atoms with Crippen molar-refractivity contribution in [3.63, 3.8) is 0 Å².